The minimum atomic E-state index is 0.433. The van der Waals surface area contributed by atoms with Gasteiger partial charge in [-0.15, -0.1) is 5.10 Å². The summed E-state index contributed by atoms with van der Waals surface area (Å²) in [5, 5.41) is 7.43. The van der Waals surface area contributed by atoms with E-state index in [1.165, 1.54) is 24.4 Å². The molecule has 0 saturated carbocycles. The standard InChI is InChI=1S/C6H8BrN3S/c7-6-5(9-10-11-6)4-2-1-3-8-4/h4,8H,1-3H2. The lowest BCUT2D eigenvalue weighted by Gasteiger charge is -2.04. The average molecular weight is 234 g/mol. The molecule has 1 aromatic heterocycles. The Morgan fingerprint density at radius 1 is 1.64 bits per heavy atom. The molecule has 1 saturated heterocycles. The molecule has 1 unspecified atom stereocenters. The van der Waals surface area contributed by atoms with Crippen LogP contribution in [0.1, 0.15) is 24.6 Å². The van der Waals surface area contributed by atoms with Gasteiger partial charge in [-0.3, -0.25) is 0 Å². The number of aromatic nitrogens is 2. The van der Waals surface area contributed by atoms with Gasteiger partial charge in [0.25, 0.3) is 0 Å². The van der Waals surface area contributed by atoms with Gasteiger partial charge in [-0.2, -0.15) is 0 Å². The summed E-state index contributed by atoms with van der Waals surface area (Å²) in [6, 6.07) is 0.433. The lowest BCUT2D eigenvalue weighted by Crippen LogP contribution is -2.13. The molecule has 0 spiro atoms. The molecular weight excluding hydrogens is 226 g/mol. The van der Waals surface area contributed by atoms with Gasteiger partial charge in [0.15, 0.2) is 0 Å². The number of hydrogen-bond acceptors (Lipinski definition) is 4. The monoisotopic (exact) mass is 233 g/mol. The third kappa shape index (κ3) is 1.45. The number of nitrogens with one attached hydrogen (secondary N) is 1. The van der Waals surface area contributed by atoms with Crippen molar-refractivity contribution >= 4 is 27.5 Å². The van der Waals surface area contributed by atoms with Crippen molar-refractivity contribution in [3.05, 3.63) is 9.48 Å². The Morgan fingerprint density at radius 3 is 3.09 bits per heavy atom. The summed E-state index contributed by atoms with van der Waals surface area (Å²) >= 11 is 4.84. The predicted molar refractivity (Wildman–Crippen MR) is 47.6 cm³/mol. The Hall–Kier alpha value is -0.0000000000000000763. The SMILES string of the molecule is Brc1snnc1C1CCCN1. The maximum atomic E-state index is 4.06. The molecule has 0 amide bonds. The average Bonchev–Trinajstić information content (AvgIpc) is 2.55. The largest absolute Gasteiger partial charge is 0.309 e. The van der Waals surface area contributed by atoms with Crippen LogP contribution in [0.4, 0.5) is 0 Å². The number of rotatable bonds is 1. The van der Waals surface area contributed by atoms with Crippen molar-refractivity contribution in [3.63, 3.8) is 0 Å². The Morgan fingerprint density at radius 2 is 2.55 bits per heavy atom. The molecule has 2 rings (SSSR count). The molecule has 1 atom stereocenters. The van der Waals surface area contributed by atoms with Gasteiger partial charge < -0.3 is 5.32 Å². The molecule has 0 aliphatic carbocycles. The normalized spacial score (nSPS) is 24.3. The second-order valence-corrected chi connectivity index (χ2v) is 4.65. The molecule has 1 aromatic rings. The second kappa shape index (κ2) is 3.16. The van der Waals surface area contributed by atoms with Crippen LogP contribution in [0.15, 0.2) is 3.79 Å². The van der Waals surface area contributed by atoms with Crippen LogP contribution in [0.3, 0.4) is 0 Å². The zero-order valence-electron chi connectivity index (χ0n) is 5.88. The molecule has 0 aromatic carbocycles. The zero-order chi connectivity index (χ0) is 7.68. The van der Waals surface area contributed by atoms with Gasteiger partial charge in [-0.1, -0.05) is 4.49 Å². The highest BCUT2D eigenvalue weighted by Crippen LogP contribution is 2.29. The smallest absolute Gasteiger partial charge is 0.116 e. The summed E-state index contributed by atoms with van der Waals surface area (Å²) in [5.41, 5.74) is 1.08. The van der Waals surface area contributed by atoms with Crippen molar-refractivity contribution < 1.29 is 0 Å². The molecular formula is C6H8BrN3S. The molecule has 1 N–H and O–H groups in total. The van der Waals surface area contributed by atoms with Crippen LogP contribution in [-0.2, 0) is 0 Å². The molecule has 3 nitrogen and oxygen atoms in total. The first-order chi connectivity index (χ1) is 5.38. The van der Waals surface area contributed by atoms with Crippen LogP contribution in [0.5, 0.6) is 0 Å². The van der Waals surface area contributed by atoms with Gasteiger partial charge in [0, 0.05) is 0 Å². The summed E-state index contributed by atoms with van der Waals surface area (Å²) < 4.78 is 4.94. The third-order valence-electron chi connectivity index (χ3n) is 1.86. The van der Waals surface area contributed by atoms with E-state index in [1.807, 2.05) is 0 Å². The van der Waals surface area contributed by atoms with Crippen LogP contribution in [-0.4, -0.2) is 16.1 Å². The fourth-order valence-electron chi connectivity index (χ4n) is 1.31. The molecule has 2 heterocycles. The zero-order valence-corrected chi connectivity index (χ0v) is 8.28. The minimum Gasteiger partial charge on any atom is -0.309 e. The molecule has 1 aliphatic rings. The highest BCUT2D eigenvalue weighted by molar-refractivity contribution is 9.11. The van der Waals surface area contributed by atoms with Crippen molar-refractivity contribution in [2.45, 2.75) is 18.9 Å². The third-order valence-corrected chi connectivity index (χ3v) is 3.23. The van der Waals surface area contributed by atoms with Gasteiger partial charge in [-0.25, -0.2) is 0 Å². The van der Waals surface area contributed by atoms with Gasteiger partial charge >= 0.3 is 0 Å². The first-order valence-corrected chi connectivity index (χ1v) is 5.15. The van der Waals surface area contributed by atoms with Gasteiger partial charge in [0.2, 0.25) is 0 Å². The van der Waals surface area contributed by atoms with Crippen LogP contribution in [0.25, 0.3) is 0 Å². The molecule has 60 valence electrons. The van der Waals surface area contributed by atoms with Gasteiger partial charge in [0.05, 0.1) is 6.04 Å². The van der Waals surface area contributed by atoms with Crippen LogP contribution < -0.4 is 5.32 Å². The minimum absolute atomic E-state index is 0.433. The lowest BCUT2D eigenvalue weighted by molar-refractivity contribution is 0.623. The summed E-state index contributed by atoms with van der Waals surface area (Å²) in [6.07, 6.45) is 2.43. The van der Waals surface area contributed by atoms with E-state index in [0.29, 0.717) is 6.04 Å². The van der Waals surface area contributed by atoms with E-state index in [-0.39, 0.29) is 0 Å². The predicted octanol–water partition coefficient (Wildman–Crippen LogP) is 1.73. The number of nitrogens with zero attached hydrogens (tertiary/aromatic N) is 2. The molecule has 1 aliphatic heterocycles. The molecule has 1 fully saturated rings. The van der Waals surface area contributed by atoms with E-state index in [1.54, 1.807) is 0 Å². The highest BCUT2D eigenvalue weighted by Gasteiger charge is 2.21. The Kier molecular flexibility index (Phi) is 2.20. The Bertz CT molecular complexity index is 244. The van der Waals surface area contributed by atoms with E-state index >= 15 is 0 Å². The van der Waals surface area contributed by atoms with E-state index in [4.69, 9.17) is 0 Å². The van der Waals surface area contributed by atoms with E-state index in [9.17, 15) is 0 Å². The first kappa shape index (κ1) is 7.64. The van der Waals surface area contributed by atoms with Crippen molar-refractivity contribution in [1.29, 1.82) is 0 Å². The van der Waals surface area contributed by atoms with Gasteiger partial charge in [0.1, 0.15) is 9.48 Å². The van der Waals surface area contributed by atoms with E-state index in [2.05, 4.69) is 30.8 Å². The summed E-state index contributed by atoms with van der Waals surface area (Å²) in [7, 11) is 0. The van der Waals surface area contributed by atoms with Crippen molar-refractivity contribution in [3.8, 4) is 0 Å². The van der Waals surface area contributed by atoms with Crippen molar-refractivity contribution in [1.82, 2.24) is 14.9 Å². The highest BCUT2D eigenvalue weighted by atomic mass is 79.9. The van der Waals surface area contributed by atoms with Crippen LogP contribution in [0, 0.1) is 0 Å². The van der Waals surface area contributed by atoms with Crippen LogP contribution in [0.2, 0.25) is 0 Å². The lowest BCUT2D eigenvalue weighted by atomic mass is 10.2. The topological polar surface area (TPSA) is 37.8 Å². The molecule has 0 radical (unpaired) electrons. The molecule has 11 heavy (non-hydrogen) atoms. The number of halogens is 1. The Balaban J connectivity index is 2.21. The second-order valence-electron chi connectivity index (χ2n) is 2.58. The Labute approximate surface area is 77.5 Å². The maximum Gasteiger partial charge on any atom is 0.116 e. The summed E-state index contributed by atoms with van der Waals surface area (Å²) in [5.74, 6) is 0. The number of hydrogen-bond donors (Lipinski definition) is 1. The molecule has 0 bridgehead atoms. The van der Waals surface area contributed by atoms with E-state index in [0.717, 1.165) is 16.0 Å². The maximum absolute atomic E-state index is 4.06. The summed E-state index contributed by atoms with van der Waals surface area (Å²) in [6.45, 7) is 1.11. The first-order valence-electron chi connectivity index (χ1n) is 3.59. The van der Waals surface area contributed by atoms with Crippen LogP contribution >= 0.6 is 27.5 Å². The summed E-state index contributed by atoms with van der Waals surface area (Å²) in [4.78, 5) is 0. The fourth-order valence-corrected chi connectivity index (χ4v) is 2.34. The van der Waals surface area contributed by atoms with Gasteiger partial charge in [-0.05, 0) is 46.8 Å². The quantitative estimate of drug-likeness (QED) is 0.804. The van der Waals surface area contributed by atoms with E-state index < -0.39 is 0 Å². The molecule has 5 heteroatoms. The van der Waals surface area contributed by atoms with Crippen molar-refractivity contribution in [2.24, 2.45) is 0 Å². The fraction of sp³-hybridized carbons (Fsp3) is 0.667. The van der Waals surface area contributed by atoms with Crippen molar-refractivity contribution in [2.75, 3.05) is 6.54 Å².